The van der Waals surface area contributed by atoms with E-state index in [2.05, 4.69) is 5.32 Å². The van der Waals surface area contributed by atoms with Crippen molar-refractivity contribution >= 4 is 23.8 Å². The number of amides is 3. The molecule has 0 aliphatic carbocycles. The number of imide groups is 1. The standard InChI is InChI=1S/C19H23N3O7/c1-10(2)28-17(23)15-12(5)20-18(24)21(19(25)29-11(3)4)16(15)13-7-6-8-14(9-13)22(26)27/h6-11,16H,1-5H3,(H,20,24)/t16-/m1/s1. The first-order chi connectivity index (χ1) is 13.5. The largest absolute Gasteiger partial charge is 0.459 e. The molecule has 1 aromatic rings. The van der Waals surface area contributed by atoms with Crippen LogP contribution in [0.1, 0.15) is 46.2 Å². The van der Waals surface area contributed by atoms with E-state index < -0.39 is 41.3 Å². The van der Waals surface area contributed by atoms with Crippen LogP contribution in [0.3, 0.4) is 0 Å². The van der Waals surface area contributed by atoms with Crippen molar-refractivity contribution in [2.75, 3.05) is 0 Å². The lowest BCUT2D eigenvalue weighted by Crippen LogP contribution is -2.52. The fourth-order valence-electron chi connectivity index (χ4n) is 2.85. The summed E-state index contributed by atoms with van der Waals surface area (Å²) < 4.78 is 10.4. The van der Waals surface area contributed by atoms with Crippen molar-refractivity contribution in [3.8, 4) is 0 Å². The van der Waals surface area contributed by atoms with Crippen LogP contribution < -0.4 is 5.32 Å². The molecule has 0 fully saturated rings. The quantitative estimate of drug-likeness (QED) is 0.451. The van der Waals surface area contributed by atoms with E-state index in [0.717, 1.165) is 4.90 Å². The number of hydrogen-bond acceptors (Lipinski definition) is 7. The normalized spacial score (nSPS) is 16.7. The summed E-state index contributed by atoms with van der Waals surface area (Å²) in [4.78, 5) is 49.4. The van der Waals surface area contributed by atoms with Crippen molar-refractivity contribution in [3.05, 3.63) is 51.2 Å². The van der Waals surface area contributed by atoms with E-state index in [1.54, 1.807) is 27.7 Å². The van der Waals surface area contributed by atoms with Gasteiger partial charge >= 0.3 is 18.1 Å². The minimum absolute atomic E-state index is 0.0143. The molecule has 1 heterocycles. The lowest BCUT2D eigenvalue weighted by molar-refractivity contribution is -0.384. The summed E-state index contributed by atoms with van der Waals surface area (Å²) in [5.41, 5.74) is 0.120. The number of urea groups is 1. The lowest BCUT2D eigenvalue weighted by Gasteiger charge is -2.36. The van der Waals surface area contributed by atoms with Crippen LogP contribution in [0.5, 0.6) is 0 Å². The molecule has 1 aliphatic heterocycles. The fourth-order valence-corrected chi connectivity index (χ4v) is 2.85. The van der Waals surface area contributed by atoms with E-state index in [1.807, 2.05) is 0 Å². The minimum Gasteiger partial charge on any atom is -0.459 e. The van der Waals surface area contributed by atoms with Gasteiger partial charge in [0, 0.05) is 17.8 Å². The number of non-ortho nitro benzene ring substituents is 1. The smallest absolute Gasteiger partial charge is 0.419 e. The molecule has 10 heteroatoms. The van der Waals surface area contributed by atoms with E-state index in [-0.39, 0.29) is 22.5 Å². The topological polar surface area (TPSA) is 128 Å². The summed E-state index contributed by atoms with van der Waals surface area (Å²) >= 11 is 0. The van der Waals surface area contributed by atoms with Gasteiger partial charge in [-0.2, -0.15) is 0 Å². The van der Waals surface area contributed by atoms with Gasteiger partial charge in [0.2, 0.25) is 0 Å². The molecule has 1 atom stereocenters. The van der Waals surface area contributed by atoms with Crippen molar-refractivity contribution in [2.24, 2.45) is 0 Å². The average molecular weight is 405 g/mol. The zero-order valence-corrected chi connectivity index (χ0v) is 16.8. The monoisotopic (exact) mass is 405 g/mol. The zero-order valence-electron chi connectivity index (χ0n) is 16.8. The second-order valence-corrected chi connectivity index (χ2v) is 6.98. The molecular weight excluding hydrogens is 382 g/mol. The molecule has 0 saturated carbocycles. The Labute approximate surface area is 167 Å². The number of nitro groups is 1. The summed E-state index contributed by atoms with van der Waals surface area (Å²) in [7, 11) is 0. The van der Waals surface area contributed by atoms with Crippen LogP contribution >= 0.6 is 0 Å². The van der Waals surface area contributed by atoms with E-state index in [0.29, 0.717) is 0 Å². The zero-order chi connectivity index (χ0) is 21.9. The molecular formula is C19H23N3O7. The Morgan fingerprint density at radius 3 is 2.34 bits per heavy atom. The number of nitro benzene ring substituents is 1. The third-order valence-corrected chi connectivity index (χ3v) is 3.94. The Morgan fingerprint density at radius 2 is 1.79 bits per heavy atom. The summed E-state index contributed by atoms with van der Waals surface area (Å²) in [5, 5.41) is 13.7. The number of ether oxygens (including phenoxy) is 2. The van der Waals surface area contributed by atoms with Gasteiger partial charge in [0.1, 0.15) is 6.04 Å². The van der Waals surface area contributed by atoms with E-state index in [1.165, 1.54) is 31.2 Å². The molecule has 0 unspecified atom stereocenters. The van der Waals surface area contributed by atoms with Crippen LogP contribution in [-0.2, 0) is 14.3 Å². The molecule has 1 aliphatic rings. The molecule has 2 rings (SSSR count). The Morgan fingerprint density at radius 1 is 1.17 bits per heavy atom. The molecule has 156 valence electrons. The third kappa shape index (κ3) is 4.89. The minimum atomic E-state index is -1.25. The molecule has 0 bridgehead atoms. The molecule has 0 radical (unpaired) electrons. The van der Waals surface area contributed by atoms with Crippen molar-refractivity contribution in [1.82, 2.24) is 10.2 Å². The van der Waals surface area contributed by atoms with Gasteiger partial charge in [-0.1, -0.05) is 12.1 Å². The maximum Gasteiger partial charge on any atom is 0.419 e. The number of carbonyl (C=O) groups is 3. The summed E-state index contributed by atoms with van der Waals surface area (Å²) in [5.74, 6) is -0.753. The number of rotatable bonds is 5. The Balaban J connectivity index is 2.66. The van der Waals surface area contributed by atoms with Gasteiger partial charge in [0.15, 0.2) is 0 Å². The van der Waals surface area contributed by atoms with Crippen molar-refractivity contribution < 1.29 is 28.8 Å². The number of benzene rings is 1. The number of nitrogens with one attached hydrogen (secondary N) is 1. The summed E-state index contributed by atoms with van der Waals surface area (Å²) in [6.45, 7) is 8.02. The molecule has 10 nitrogen and oxygen atoms in total. The molecule has 3 amide bonds. The second-order valence-electron chi connectivity index (χ2n) is 6.98. The Kier molecular flexibility index (Phi) is 6.57. The van der Waals surface area contributed by atoms with Gasteiger partial charge in [-0.15, -0.1) is 0 Å². The van der Waals surface area contributed by atoms with Crippen molar-refractivity contribution in [3.63, 3.8) is 0 Å². The van der Waals surface area contributed by atoms with Crippen molar-refractivity contribution in [2.45, 2.75) is 52.9 Å². The van der Waals surface area contributed by atoms with Gasteiger partial charge in [0.25, 0.3) is 5.69 Å². The highest BCUT2D eigenvalue weighted by molar-refractivity contribution is 6.00. The first kappa shape index (κ1) is 21.9. The van der Waals surface area contributed by atoms with Crippen LogP contribution in [0.2, 0.25) is 0 Å². The first-order valence-electron chi connectivity index (χ1n) is 8.99. The van der Waals surface area contributed by atoms with Crippen LogP contribution in [0.15, 0.2) is 35.5 Å². The lowest BCUT2D eigenvalue weighted by atomic mass is 9.93. The number of nitrogens with zero attached hydrogens (tertiary/aromatic N) is 2. The van der Waals surface area contributed by atoms with E-state index in [9.17, 15) is 24.5 Å². The maximum atomic E-state index is 12.8. The molecule has 1 aromatic carbocycles. The van der Waals surface area contributed by atoms with Gasteiger partial charge in [0.05, 0.1) is 22.7 Å². The van der Waals surface area contributed by atoms with Gasteiger partial charge in [-0.05, 0) is 40.2 Å². The van der Waals surface area contributed by atoms with Gasteiger partial charge in [-0.25, -0.2) is 19.3 Å². The Hall–Kier alpha value is -3.43. The van der Waals surface area contributed by atoms with Crippen LogP contribution in [0.4, 0.5) is 15.3 Å². The number of esters is 1. The number of hydrogen-bond donors (Lipinski definition) is 1. The predicted molar refractivity (Wildman–Crippen MR) is 102 cm³/mol. The number of allylic oxidation sites excluding steroid dienone is 1. The SMILES string of the molecule is CC1=C(C(=O)OC(C)C)[C@@H](c2cccc([N+](=O)[O-])c2)N(C(=O)OC(C)C)C(=O)N1. The maximum absolute atomic E-state index is 12.8. The predicted octanol–water partition coefficient (Wildman–Crippen LogP) is 3.43. The first-order valence-corrected chi connectivity index (χ1v) is 8.99. The summed E-state index contributed by atoms with van der Waals surface area (Å²) in [6, 6.07) is 3.31. The third-order valence-electron chi connectivity index (χ3n) is 3.94. The highest BCUT2D eigenvalue weighted by atomic mass is 16.6. The highest BCUT2D eigenvalue weighted by Crippen LogP contribution is 2.36. The fraction of sp³-hybridized carbons (Fsp3) is 0.421. The number of carbonyl (C=O) groups excluding carboxylic acids is 3. The van der Waals surface area contributed by atoms with Gasteiger partial charge < -0.3 is 14.8 Å². The average Bonchev–Trinajstić information content (AvgIpc) is 2.59. The van der Waals surface area contributed by atoms with Gasteiger partial charge in [-0.3, -0.25) is 10.1 Å². The highest BCUT2D eigenvalue weighted by Gasteiger charge is 2.43. The molecule has 29 heavy (non-hydrogen) atoms. The second kappa shape index (κ2) is 8.72. The van der Waals surface area contributed by atoms with Crippen LogP contribution in [0, 0.1) is 10.1 Å². The van der Waals surface area contributed by atoms with Crippen LogP contribution in [0.25, 0.3) is 0 Å². The van der Waals surface area contributed by atoms with E-state index in [4.69, 9.17) is 9.47 Å². The van der Waals surface area contributed by atoms with Crippen LogP contribution in [-0.4, -0.2) is 40.1 Å². The molecule has 0 spiro atoms. The molecule has 1 N–H and O–H groups in total. The molecule has 0 aromatic heterocycles. The Bertz CT molecular complexity index is 876. The summed E-state index contributed by atoms with van der Waals surface area (Å²) in [6.07, 6.45) is -1.97. The molecule has 0 saturated heterocycles. The van der Waals surface area contributed by atoms with E-state index >= 15 is 0 Å². The van der Waals surface area contributed by atoms with Crippen molar-refractivity contribution in [1.29, 1.82) is 0 Å².